The molecule has 158 valence electrons. The summed E-state index contributed by atoms with van der Waals surface area (Å²) in [6.07, 6.45) is 4.18. The number of rotatable bonds is 6. The van der Waals surface area contributed by atoms with Crippen LogP contribution in [0.25, 0.3) is 17.2 Å². The average molecular weight is 428 g/mol. The molecular weight excluding hydrogens is 402 g/mol. The van der Waals surface area contributed by atoms with E-state index in [1.165, 1.54) is 14.9 Å². The number of piperazine rings is 1. The first-order chi connectivity index (χ1) is 14.5. The highest BCUT2D eigenvalue weighted by Gasteiger charge is 2.28. The smallest absolute Gasteiger partial charge is 0.408 e. The van der Waals surface area contributed by atoms with Gasteiger partial charge in [-0.25, -0.2) is 13.2 Å². The Balaban J connectivity index is 1.42. The fourth-order valence-corrected chi connectivity index (χ4v) is 5.15. The third-order valence-electron chi connectivity index (χ3n) is 5.40. The van der Waals surface area contributed by atoms with Crippen LogP contribution in [-0.2, 0) is 16.6 Å². The minimum absolute atomic E-state index is 0.157. The van der Waals surface area contributed by atoms with Gasteiger partial charge in [-0.1, -0.05) is 42.5 Å². The van der Waals surface area contributed by atoms with Crippen molar-refractivity contribution < 1.29 is 12.8 Å². The fraction of sp³-hybridized carbons (Fsp3) is 0.318. The third kappa shape index (κ3) is 4.12. The monoisotopic (exact) mass is 427 g/mol. The van der Waals surface area contributed by atoms with E-state index in [9.17, 15) is 13.2 Å². The normalized spacial score (nSPS) is 16.6. The van der Waals surface area contributed by atoms with E-state index in [-0.39, 0.29) is 4.90 Å². The van der Waals surface area contributed by atoms with Crippen LogP contribution in [0.4, 0.5) is 0 Å². The van der Waals surface area contributed by atoms with E-state index >= 15 is 0 Å². The summed E-state index contributed by atoms with van der Waals surface area (Å²) in [5, 5.41) is 0. The summed E-state index contributed by atoms with van der Waals surface area (Å²) in [5.41, 5.74) is 2.06. The standard InChI is InChI=1S/C22H25N3O4S/c1-2-25-20-11-10-19(17-21(20)29-22(25)26)30(27,28)24-15-13-23(14-16-24)12-6-9-18-7-4-3-5-8-18/h3-11,17H,2,12-16H2,1H3/b9-6+. The molecule has 8 heteroatoms. The van der Waals surface area contributed by atoms with E-state index in [1.54, 1.807) is 12.1 Å². The molecule has 2 heterocycles. The van der Waals surface area contributed by atoms with Gasteiger partial charge in [0.1, 0.15) is 0 Å². The average Bonchev–Trinajstić information content (AvgIpc) is 3.09. The molecule has 7 nitrogen and oxygen atoms in total. The molecule has 0 saturated carbocycles. The molecule has 30 heavy (non-hydrogen) atoms. The number of benzene rings is 2. The first-order valence-corrected chi connectivity index (χ1v) is 11.5. The lowest BCUT2D eigenvalue weighted by atomic mass is 10.2. The molecule has 0 bridgehead atoms. The topological polar surface area (TPSA) is 75.8 Å². The van der Waals surface area contributed by atoms with Crippen LogP contribution in [0.15, 0.2) is 68.7 Å². The zero-order valence-electron chi connectivity index (χ0n) is 16.9. The van der Waals surface area contributed by atoms with Gasteiger partial charge in [-0.3, -0.25) is 9.47 Å². The van der Waals surface area contributed by atoms with Gasteiger partial charge in [0.05, 0.1) is 10.4 Å². The molecule has 1 aromatic heterocycles. The highest BCUT2D eigenvalue weighted by molar-refractivity contribution is 7.89. The maximum atomic E-state index is 13.1. The van der Waals surface area contributed by atoms with Gasteiger partial charge >= 0.3 is 5.76 Å². The quantitative estimate of drug-likeness (QED) is 0.605. The lowest BCUT2D eigenvalue weighted by Crippen LogP contribution is -2.48. The van der Waals surface area contributed by atoms with Crippen LogP contribution in [0.3, 0.4) is 0 Å². The third-order valence-corrected chi connectivity index (χ3v) is 7.29. The largest absolute Gasteiger partial charge is 0.419 e. The number of oxazole rings is 1. The molecule has 1 fully saturated rings. The van der Waals surface area contributed by atoms with Crippen molar-refractivity contribution in [2.24, 2.45) is 0 Å². The van der Waals surface area contributed by atoms with Crippen molar-refractivity contribution in [1.82, 2.24) is 13.8 Å². The Morgan fingerprint density at radius 3 is 2.47 bits per heavy atom. The number of fused-ring (bicyclic) bond motifs is 1. The molecule has 3 aromatic rings. The van der Waals surface area contributed by atoms with Crippen molar-refractivity contribution in [2.45, 2.75) is 18.4 Å². The Hall–Kier alpha value is -2.68. The Morgan fingerprint density at radius 1 is 1.03 bits per heavy atom. The van der Waals surface area contributed by atoms with Crippen molar-refractivity contribution in [3.63, 3.8) is 0 Å². The van der Waals surface area contributed by atoms with Gasteiger partial charge < -0.3 is 4.42 Å². The molecule has 4 rings (SSSR count). The Kier molecular flexibility index (Phi) is 5.90. The van der Waals surface area contributed by atoms with Gasteiger partial charge in [-0.15, -0.1) is 0 Å². The number of sulfonamides is 1. The molecule has 0 spiro atoms. The predicted octanol–water partition coefficient (Wildman–Crippen LogP) is 2.63. The van der Waals surface area contributed by atoms with Gasteiger partial charge in [-0.2, -0.15) is 4.31 Å². The zero-order valence-corrected chi connectivity index (χ0v) is 17.7. The van der Waals surface area contributed by atoms with Crippen LogP contribution in [0, 0.1) is 0 Å². The lowest BCUT2D eigenvalue weighted by molar-refractivity contribution is 0.204. The minimum Gasteiger partial charge on any atom is -0.408 e. The first-order valence-electron chi connectivity index (χ1n) is 10.1. The molecule has 0 N–H and O–H groups in total. The summed E-state index contributed by atoms with van der Waals surface area (Å²) >= 11 is 0. The summed E-state index contributed by atoms with van der Waals surface area (Å²) in [4.78, 5) is 14.3. The highest BCUT2D eigenvalue weighted by Crippen LogP contribution is 2.22. The summed E-state index contributed by atoms with van der Waals surface area (Å²) in [6.45, 7) is 5.29. The molecule has 0 aliphatic carbocycles. The van der Waals surface area contributed by atoms with Gasteiger partial charge in [0.15, 0.2) is 5.58 Å². The van der Waals surface area contributed by atoms with Gasteiger partial charge in [0.2, 0.25) is 10.0 Å². The summed E-state index contributed by atoms with van der Waals surface area (Å²) in [6, 6.07) is 14.7. The number of hydrogen-bond donors (Lipinski definition) is 0. The number of nitrogens with zero attached hydrogens (tertiary/aromatic N) is 3. The lowest BCUT2D eigenvalue weighted by Gasteiger charge is -2.33. The van der Waals surface area contributed by atoms with E-state index in [2.05, 4.69) is 29.2 Å². The van der Waals surface area contributed by atoms with Crippen LogP contribution in [0.1, 0.15) is 12.5 Å². The predicted molar refractivity (Wildman–Crippen MR) is 117 cm³/mol. The molecule has 0 radical (unpaired) electrons. The minimum atomic E-state index is -3.63. The Morgan fingerprint density at radius 2 is 1.77 bits per heavy atom. The van der Waals surface area contributed by atoms with Gasteiger partial charge in [0, 0.05) is 45.3 Å². The van der Waals surface area contributed by atoms with Crippen LogP contribution < -0.4 is 5.76 Å². The second-order valence-corrected chi connectivity index (χ2v) is 9.20. The molecule has 1 aliphatic rings. The molecule has 0 amide bonds. The van der Waals surface area contributed by atoms with Crippen LogP contribution >= 0.6 is 0 Å². The molecule has 2 aromatic carbocycles. The van der Waals surface area contributed by atoms with Gasteiger partial charge in [-0.05, 0) is 24.6 Å². The second kappa shape index (κ2) is 8.59. The SMILES string of the molecule is CCn1c(=O)oc2cc(S(=O)(=O)N3CCN(C/C=C/c4ccccc4)CC3)ccc21. The van der Waals surface area contributed by atoms with E-state index in [0.717, 1.165) is 12.1 Å². The van der Waals surface area contributed by atoms with Crippen molar-refractivity contribution in [2.75, 3.05) is 32.7 Å². The molecular formula is C22H25N3O4S. The summed E-state index contributed by atoms with van der Waals surface area (Å²) in [7, 11) is -3.63. The van der Waals surface area contributed by atoms with Crippen LogP contribution in [0.5, 0.6) is 0 Å². The van der Waals surface area contributed by atoms with Gasteiger partial charge in [0.25, 0.3) is 0 Å². The summed E-state index contributed by atoms with van der Waals surface area (Å²) < 4.78 is 34.3. The Bertz CT molecular complexity index is 1200. The molecule has 0 atom stereocenters. The van der Waals surface area contributed by atoms with Crippen molar-refractivity contribution >= 4 is 27.2 Å². The summed E-state index contributed by atoms with van der Waals surface area (Å²) in [5.74, 6) is -0.473. The van der Waals surface area contributed by atoms with E-state index in [0.29, 0.717) is 43.8 Å². The van der Waals surface area contributed by atoms with Crippen molar-refractivity contribution in [1.29, 1.82) is 0 Å². The van der Waals surface area contributed by atoms with E-state index in [4.69, 9.17) is 4.42 Å². The maximum Gasteiger partial charge on any atom is 0.419 e. The van der Waals surface area contributed by atoms with E-state index in [1.807, 2.05) is 25.1 Å². The fourth-order valence-electron chi connectivity index (χ4n) is 3.71. The molecule has 1 saturated heterocycles. The second-order valence-electron chi connectivity index (χ2n) is 7.26. The van der Waals surface area contributed by atoms with Crippen LogP contribution in [0.2, 0.25) is 0 Å². The maximum absolute atomic E-state index is 13.1. The highest BCUT2D eigenvalue weighted by atomic mass is 32.2. The first kappa shape index (κ1) is 20.6. The number of hydrogen-bond acceptors (Lipinski definition) is 5. The molecule has 1 aliphatic heterocycles. The van der Waals surface area contributed by atoms with E-state index < -0.39 is 15.8 Å². The Labute approximate surface area is 175 Å². The van der Waals surface area contributed by atoms with Crippen LogP contribution in [-0.4, -0.2) is 54.9 Å². The van der Waals surface area contributed by atoms with Crippen molar-refractivity contribution in [3.05, 3.63) is 70.7 Å². The van der Waals surface area contributed by atoms with Crippen molar-refractivity contribution in [3.8, 4) is 0 Å². The number of aromatic nitrogens is 1. The number of aryl methyl sites for hydroxylation is 1. The zero-order chi connectivity index (χ0) is 21.1. The molecule has 0 unspecified atom stereocenters.